The van der Waals surface area contributed by atoms with Crippen molar-refractivity contribution < 1.29 is 9.84 Å². The van der Waals surface area contributed by atoms with E-state index >= 15 is 0 Å². The summed E-state index contributed by atoms with van der Waals surface area (Å²) in [6, 6.07) is 17.3. The fourth-order valence-electron chi connectivity index (χ4n) is 2.82. The second-order valence-corrected chi connectivity index (χ2v) is 6.07. The first-order valence-electron chi connectivity index (χ1n) is 8.76. The van der Waals surface area contributed by atoms with Crippen molar-refractivity contribution in [3.8, 4) is 17.2 Å². The van der Waals surface area contributed by atoms with Crippen LogP contribution in [0.5, 0.6) is 11.5 Å². The summed E-state index contributed by atoms with van der Waals surface area (Å²) in [4.78, 5) is 21.7. The largest absolute Gasteiger partial charge is 0.507 e. The molecule has 0 aliphatic rings. The molecule has 8 heteroatoms. The predicted octanol–water partition coefficient (Wildman–Crippen LogP) is 2.94. The average Bonchev–Trinajstić information content (AvgIpc) is 2.76. The van der Waals surface area contributed by atoms with E-state index < -0.39 is 5.56 Å². The lowest BCUT2D eigenvalue weighted by molar-refractivity contribution is 0.414. The summed E-state index contributed by atoms with van der Waals surface area (Å²) in [5, 5.41) is 13.9. The van der Waals surface area contributed by atoms with Crippen LogP contribution in [-0.4, -0.2) is 33.0 Å². The van der Waals surface area contributed by atoms with Gasteiger partial charge in [0.2, 0.25) is 5.82 Å². The lowest BCUT2D eigenvalue weighted by Gasteiger charge is -2.11. The molecular weight excluding hydrogens is 370 g/mol. The van der Waals surface area contributed by atoms with E-state index in [-0.39, 0.29) is 11.6 Å². The number of phenols is 1. The van der Waals surface area contributed by atoms with Gasteiger partial charge in [-0.15, -0.1) is 0 Å². The third-order valence-electron chi connectivity index (χ3n) is 4.26. The molecular formula is C21H17N5O3. The monoisotopic (exact) mass is 387 g/mol. The van der Waals surface area contributed by atoms with E-state index in [0.29, 0.717) is 28.2 Å². The molecule has 0 atom stereocenters. The first-order valence-corrected chi connectivity index (χ1v) is 8.76. The highest BCUT2D eigenvalue weighted by Gasteiger charge is 2.13. The number of anilines is 1. The summed E-state index contributed by atoms with van der Waals surface area (Å²) >= 11 is 0. The summed E-state index contributed by atoms with van der Waals surface area (Å²) in [6.45, 7) is 0. The van der Waals surface area contributed by atoms with Crippen LogP contribution >= 0.6 is 0 Å². The molecule has 2 aromatic carbocycles. The number of hydrogen-bond donors (Lipinski definition) is 2. The number of methoxy groups -OCH3 is 1. The standard InChI is InChI=1S/C21H17N5O3/c1-29-16-10-8-15(9-11-16)26-20-17(6-4-12-22-20)24-19(21(26)28)25-23-13-14-5-2-3-7-18(14)27/h2-13,27H,1H3,(H,24,25)/b23-13+. The summed E-state index contributed by atoms with van der Waals surface area (Å²) in [5.41, 5.74) is 4.36. The van der Waals surface area contributed by atoms with Gasteiger partial charge in [-0.3, -0.25) is 14.8 Å². The lowest BCUT2D eigenvalue weighted by Crippen LogP contribution is -2.23. The molecule has 0 saturated carbocycles. The SMILES string of the molecule is COc1ccc(-n2c(=O)c(N/N=C/c3ccccc3O)nc3cccnc32)cc1. The molecule has 4 aromatic rings. The Kier molecular flexibility index (Phi) is 4.90. The molecule has 0 aliphatic carbocycles. The highest BCUT2D eigenvalue weighted by atomic mass is 16.5. The quantitative estimate of drug-likeness (QED) is 0.403. The zero-order valence-electron chi connectivity index (χ0n) is 15.5. The molecule has 0 aliphatic heterocycles. The van der Waals surface area contributed by atoms with Gasteiger partial charge < -0.3 is 9.84 Å². The van der Waals surface area contributed by atoms with Gasteiger partial charge in [0.25, 0.3) is 0 Å². The second kappa shape index (κ2) is 7.81. The molecule has 0 bridgehead atoms. The van der Waals surface area contributed by atoms with E-state index in [2.05, 4.69) is 20.5 Å². The van der Waals surface area contributed by atoms with Crippen LogP contribution in [0, 0.1) is 0 Å². The molecule has 0 radical (unpaired) electrons. The average molecular weight is 387 g/mol. The van der Waals surface area contributed by atoms with Crippen LogP contribution in [0.2, 0.25) is 0 Å². The Morgan fingerprint density at radius 3 is 2.66 bits per heavy atom. The Hall–Kier alpha value is -4.20. The fourth-order valence-corrected chi connectivity index (χ4v) is 2.82. The highest BCUT2D eigenvalue weighted by Crippen LogP contribution is 2.18. The van der Waals surface area contributed by atoms with Crippen LogP contribution in [0.1, 0.15) is 5.56 Å². The number of hydrazone groups is 1. The van der Waals surface area contributed by atoms with E-state index in [1.54, 1.807) is 74.0 Å². The van der Waals surface area contributed by atoms with Crippen molar-refractivity contribution in [1.29, 1.82) is 0 Å². The molecule has 4 rings (SSSR count). The maximum atomic E-state index is 13.1. The summed E-state index contributed by atoms with van der Waals surface area (Å²) < 4.78 is 6.64. The van der Waals surface area contributed by atoms with Crippen LogP contribution < -0.4 is 15.7 Å². The van der Waals surface area contributed by atoms with Crippen molar-refractivity contribution in [2.24, 2.45) is 5.10 Å². The Bertz CT molecular complexity index is 1250. The van der Waals surface area contributed by atoms with Crippen molar-refractivity contribution in [1.82, 2.24) is 14.5 Å². The zero-order valence-corrected chi connectivity index (χ0v) is 15.5. The number of nitrogens with zero attached hydrogens (tertiary/aromatic N) is 4. The Balaban J connectivity index is 1.78. The molecule has 0 saturated heterocycles. The van der Waals surface area contributed by atoms with Gasteiger partial charge in [-0.05, 0) is 48.5 Å². The number of benzene rings is 2. The maximum absolute atomic E-state index is 13.1. The third-order valence-corrected chi connectivity index (χ3v) is 4.26. The normalized spacial score (nSPS) is 11.1. The first kappa shape index (κ1) is 18.2. The van der Waals surface area contributed by atoms with E-state index in [9.17, 15) is 9.90 Å². The zero-order chi connectivity index (χ0) is 20.2. The molecule has 8 nitrogen and oxygen atoms in total. The predicted molar refractivity (Wildman–Crippen MR) is 111 cm³/mol. The molecule has 29 heavy (non-hydrogen) atoms. The van der Waals surface area contributed by atoms with Gasteiger partial charge in [-0.25, -0.2) is 9.97 Å². The molecule has 0 spiro atoms. The lowest BCUT2D eigenvalue weighted by atomic mass is 10.2. The van der Waals surface area contributed by atoms with Gasteiger partial charge in [0.05, 0.1) is 19.0 Å². The molecule has 2 heterocycles. The number of para-hydroxylation sites is 1. The van der Waals surface area contributed by atoms with Crippen molar-refractivity contribution in [3.05, 3.63) is 82.8 Å². The van der Waals surface area contributed by atoms with Crippen LogP contribution in [0.25, 0.3) is 16.9 Å². The number of nitrogens with one attached hydrogen (secondary N) is 1. The minimum Gasteiger partial charge on any atom is -0.507 e. The van der Waals surface area contributed by atoms with E-state index in [0.717, 1.165) is 0 Å². The number of aromatic nitrogens is 3. The number of hydrogen-bond acceptors (Lipinski definition) is 7. The van der Waals surface area contributed by atoms with Crippen LogP contribution in [-0.2, 0) is 0 Å². The van der Waals surface area contributed by atoms with E-state index in [1.165, 1.54) is 10.8 Å². The van der Waals surface area contributed by atoms with Gasteiger partial charge >= 0.3 is 5.56 Å². The number of pyridine rings is 1. The number of rotatable bonds is 5. The van der Waals surface area contributed by atoms with Gasteiger partial charge in [-0.1, -0.05) is 12.1 Å². The Morgan fingerprint density at radius 2 is 1.90 bits per heavy atom. The molecule has 2 N–H and O–H groups in total. The summed E-state index contributed by atoms with van der Waals surface area (Å²) in [5.74, 6) is 0.802. The molecule has 0 unspecified atom stereocenters. The Morgan fingerprint density at radius 1 is 1.10 bits per heavy atom. The Labute approximate surface area is 165 Å². The van der Waals surface area contributed by atoms with Crippen LogP contribution in [0.3, 0.4) is 0 Å². The maximum Gasteiger partial charge on any atom is 0.301 e. The second-order valence-electron chi connectivity index (χ2n) is 6.07. The van der Waals surface area contributed by atoms with Crippen LogP contribution in [0.4, 0.5) is 5.82 Å². The van der Waals surface area contributed by atoms with Gasteiger partial charge in [0, 0.05) is 11.8 Å². The van der Waals surface area contributed by atoms with Crippen LogP contribution in [0.15, 0.2) is 76.8 Å². The highest BCUT2D eigenvalue weighted by molar-refractivity contribution is 5.83. The van der Waals surface area contributed by atoms with Crippen molar-refractivity contribution in [3.63, 3.8) is 0 Å². The van der Waals surface area contributed by atoms with Gasteiger partial charge in [0.1, 0.15) is 17.0 Å². The molecule has 2 aromatic heterocycles. The topological polar surface area (TPSA) is 102 Å². The van der Waals surface area contributed by atoms with Crippen molar-refractivity contribution in [2.45, 2.75) is 0 Å². The summed E-state index contributed by atoms with van der Waals surface area (Å²) in [7, 11) is 1.58. The number of aromatic hydroxyl groups is 1. The third kappa shape index (κ3) is 3.63. The number of ether oxygens (including phenoxy) is 1. The minimum absolute atomic E-state index is 0.0352. The van der Waals surface area contributed by atoms with E-state index in [1.807, 2.05) is 0 Å². The molecule has 0 fully saturated rings. The summed E-state index contributed by atoms with van der Waals surface area (Å²) in [6.07, 6.45) is 3.02. The van der Waals surface area contributed by atoms with Gasteiger partial charge in [-0.2, -0.15) is 5.10 Å². The van der Waals surface area contributed by atoms with Crippen molar-refractivity contribution >= 4 is 23.2 Å². The molecule has 0 amide bonds. The van der Waals surface area contributed by atoms with Crippen molar-refractivity contribution in [2.75, 3.05) is 12.5 Å². The minimum atomic E-state index is -0.407. The number of fused-ring (bicyclic) bond motifs is 1. The smallest absolute Gasteiger partial charge is 0.301 e. The number of phenolic OH excluding ortho intramolecular Hbond substituents is 1. The molecule has 144 valence electrons. The fraction of sp³-hybridized carbons (Fsp3) is 0.0476. The van der Waals surface area contributed by atoms with Gasteiger partial charge in [0.15, 0.2) is 5.65 Å². The first-order chi connectivity index (χ1) is 14.2. The van der Waals surface area contributed by atoms with E-state index in [4.69, 9.17) is 4.74 Å².